The van der Waals surface area contributed by atoms with E-state index in [-0.39, 0.29) is 0 Å². The minimum absolute atomic E-state index is 0.428. The molecule has 90 valence electrons. The van der Waals surface area contributed by atoms with Gasteiger partial charge in [-0.1, -0.05) is 19.8 Å². The average Bonchev–Trinajstić information content (AvgIpc) is 2.66. The molecule has 0 spiro atoms. The maximum Gasteiger partial charge on any atom is 0.345 e. The van der Waals surface area contributed by atoms with Gasteiger partial charge in [0.05, 0.1) is 0 Å². The molecular formula is C12H19NO2S. The lowest BCUT2D eigenvalue weighted by Gasteiger charge is -2.14. The lowest BCUT2D eigenvalue weighted by Crippen LogP contribution is -2.18. The number of aromatic carboxylic acids is 1. The fourth-order valence-electron chi connectivity index (χ4n) is 1.55. The molecule has 0 aliphatic carbocycles. The van der Waals surface area contributed by atoms with Gasteiger partial charge in [0.25, 0.3) is 0 Å². The van der Waals surface area contributed by atoms with E-state index in [0.29, 0.717) is 4.88 Å². The van der Waals surface area contributed by atoms with E-state index in [4.69, 9.17) is 5.11 Å². The van der Waals surface area contributed by atoms with Gasteiger partial charge in [-0.15, -0.1) is 11.3 Å². The van der Waals surface area contributed by atoms with E-state index in [1.807, 2.05) is 6.07 Å². The van der Waals surface area contributed by atoms with E-state index in [0.717, 1.165) is 18.0 Å². The summed E-state index contributed by atoms with van der Waals surface area (Å²) in [5.74, 6) is -0.829. The van der Waals surface area contributed by atoms with Crippen LogP contribution in [0.2, 0.25) is 0 Å². The van der Waals surface area contributed by atoms with Gasteiger partial charge in [-0.3, -0.25) is 0 Å². The van der Waals surface area contributed by atoms with Crippen LogP contribution in [0.15, 0.2) is 12.1 Å². The highest BCUT2D eigenvalue weighted by Crippen LogP contribution is 2.17. The summed E-state index contributed by atoms with van der Waals surface area (Å²) in [4.78, 5) is 14.5. The van der Waals surface area contributed by atoms with Gasteiger partial charge in [0, 0.05) is 11.4 Å². The van der Waals surface area contributed by atoms with Crippen molar-refractivity contribution in [1.82, 2.24) is 4.90 Å². The maximum atomic E-state index is 10.7. The Labute approximate surface area is 101 Å². The van der Waals surface area contributed by atoms with Gasteiger partial charge in [-0.05, 0) is 32.1 Å². The molecule has 0 saturated carbocycles. The molecule has 3 nitrogen and oxygen atoms in total. The summed E-state index contributed by atoms with van der Waals surface area (Å²) in [5, 5.41) is 8.80. The summed E-state index contributed by atoms with van der Waals surface area (Å²) in [7, 11) is 2.08. The lowest BCUT2D eigenvalue weighted by atomic mass is 10.2. The predicted octanol–water partition coefficient (Wildman–Crippen LogP) is 3.07. The van der Waals surface area contributed by atoms with Crippen molar-refractivity contribution in [1.29, 1.82) is 0 Å². The number of hydrogen-bond acceptors (Lipinski definition) is 3. The van der Waals surface area contributed by atoms with E-state index < -0.39 is 5.97 Å². The number of thiophene rings is 1. The second-order valence-electron chi connectivity index (χ2n) is 4.02. The van der Waals surface area contributed by atoms with Gasteiger partial charge in [0.1, 0.15) is 4.88 Å². The molecule has 0 atom stereocenters. The molecule has 0 aliphatic rings. The Bertz CT molecular complexity index is 336. The topological polar surface area (TPSA) is 40.5 Å². The van der Waals surface area contributed by atoms with Crippen molar-refractivity contribution in [3.8, 4) is 0 Å². The van der Waals surface area contributed by atoms with E-state index in [1.165, 1.54) is 30.6 Å². The van der Waals surface area contributed by atoms with Crippen molar-refractivity contribution < 1.29 is 9.90 Å². The third-order valence-electron chi connectivity index (χ3n) is 2.44. The van der Waals surface area contributed by atoms with Crippen LogP contribution in [-0.2, 0) is 6.54 Å². The van der Waals surface area contributed by atoms with Crippen LogP contribution in [0.25, 0.3) is 0 Å². The number of carbonyl (C=O) groups is 1. The molecule has 16 heavy (non-hydrogen) atoms. The Balaban J connectivity index is 2.37. The summed E-state index contributed by atoms with van der Waals surface area (Å²) < 4.78 is 0. The third-order valence-corrected chi connectivity index (χ3v) is 3.50. The molecule has 4 heteroatoms. The molecule has 0 radical (unpaired) electrons. The van der Waals surface area contributed by atoms with Gasteiger partial charge in [0.15, 0.2) is 0 Å². The van der Waals surface area contributed by atoms with E-state index in [9.17, 15) is 4.79 Å². The van der Waals surface area contributed by atoms with Crippen molar-refractivity contribution in [2.75, 3.05) is 13.6 Å². The molecule has 1 aromatic heterocycles. The Kier molecular flexibility index (Phi) is 5.49. The molecule has 0 aromatic carbocycles. The lowest BCUT2D eigenvalue weighted by molar-refractivity contribution is 0.0702. The molecule has 0 aliphatic heterocycles. The molecule has 0 amide bonds. The first-order chi connectivity index (χ1) is 7.63. The van der Waals surface area contributed by atoms with Crippen molar-refractivity contribution >= 4 is 17.3 Å². The monoisotopic (exact) mass is 241 g/mol. The first kappa shape index (κ1) is 13.2. The van der Waals surface area contributed by atoms with E-state index in [1.54, 1.807) is 6.07 Å². The fourth-order valence-corrected chi connectivity index (χ4v) is 2.48. The average molecular weight is 241 g/mol. The normalized spacial score (nSPS) is 10.9. The first-order valence-electron chi connectivity index (χ1n) is 5.64. The zero-order chi connectivity index (χ0) is 12.0. The minimum atomic E-state index is -0.829. The van der Waals surface area contributed by atoms with Gasteiger partial charge in [-0.2, -0.15) is 0 Å². The minimum Gasteiger partial charge on any atom is -0.477 e. The third kappa shape index (κ3) is 4.33. The van der Waals surface area contributed by atoms with Gasteiger partial charge >= 0.3 is 5.97 Å². The smallest absolute Gasteiger partial charge is 0.345 e. The van der Waals surface area contributed by atoms with Crippen molar-refractivity contribution in [3.05, 3.63) is 21.9 Å². The van der Waals surface area contributed by atoms with Crippen molar-refractivity contribution in [3.63, 3.8) is 0 Å². The van der Waals surface area contributed by atoms with Crippen LogP contribution in [0.5, 0.6) is 0 Å². The van der Waals surface area contributed by atoms with Crippen LogP contribution in [0.4, 0.5) is 0 Å². The van der Waals surface area contributed by atoms with Gasteiger partial charge in [0.2, 0.25) is 0 Å². The standard InChI is InChI=1S/C12H19NO2S/c1-3-4-5-8-13(2)9-10-6-7-11(16-10)12(14)15/h6-7H,3-5,8-9H2,1-2H3,(H,14,15). The van der Waals surface area contributed by atoms with Crippen LogP contribution in [0.3, 0.4) is 0 Å². The molecule has 1 N–H and O–H groups in total. The van der Waals surface area contributed by atoms with Crippen molar-refractivity contribution in [2.24, 2.45) is 0 Å². The van der Waals surface area contributed by atoms with E-state index in [2.05, 4.69) is 18.9 Å². The second-order valence-corrected chi connectivity index (χ2v) is 5.18. The molecular weight excluding hydrogens is 222 g/mol. The van der Waals surface area contributed by atoms with Crippen LogP contribution >= 0.6 is 11.3 Å². The zero-order valence-corrected chi connectivity index (χ0v) is 10.7. The molecule has 0 fully saturated rings. The van der Waals surface area contributed by atoms with Crippen molar-refractivity contribution in [2.45, 2.75) is 32.7 Å². The van der Waals surface area contributed by atoms with Gasteiger partial charge in [-0.25, -0.2) is 4.79 Å². The first-order valence-corrected chi connectivity index (χ1v) is 6.45. The summed E-state index contributed by atoms with van der Waals surface area (Å²) in [5.41, 5.74) is 0. The molecule has 1 rings (SSSR count). The zero-order valence-electron chi connectivity index (χ0n) is 9.90. The summed E-state index contributed by atoms with van der Waals surface area (Å²) in [6.07, 6.45) is 3.70. The fraction of sp³-hybridized carbons (Fsp3) is 0.583. The Morgan fingerprint density at radius 3 is 2.75 bits per heavy atom. The molecule has 0 unspecified atom stereocenters. The Morgan fingerprint density at radius 2 is 2.19 bits per heavy atom. The summed E-state index contributed by atoms with van der Waals surface area (Å²) in [6.45, 7) is 4.12. The van der Waals surface area contributed by atoms with Crippen LogP contribution in [-0.4, -0.2) is 29.6 Å². The van der Waals surface area contributed by atoms with Gasteiger partial charge < -0.3 is 10.0 Å². The number of rotatable bonds is 7. The Hall–Kier alpha value is -0.870. The SMILES string of the molecule is CCCCCN(C)Cc1ccc(C(=O)O)s1. The van der Waals surface area contributed by atoms with E-state index >= 15 is 0 Å². The highest BCUT2D eigenvalue weighted by atomic mass is 32.1. The number of carboxylic acids is 1. The molecule has 1 heterocycles. The predicted molar refractivity (Wildman–Crippen MR) is 67.1 cm³/mol. The maximum absolute atomic E-state index is 10.7. The second kappa shape index (κ2) is 6.66. The highest BCUT2D eigenvalue weighted by Gasteiger charge is 2.08. The largest absolute Gasteiger partial charge is 0.477 e. The Morgan fingerprint density at radius 1 is 1.44 bits per heavy atom. The number of nitrogens with zero attached hydrogens (tertiary/aromatic N) is 1. The quantitative estimate of drug-likeness (QED) is 0.746. The van der Waals surface area contributed by atoms with Crippen LogP contribution in [0, 0.1) is 0 Å². The van der Waals surface area contributed by atoms with Crippen LogP contribution in [0.1, 0.15) is 40.7 Å². The molecule has 0 bridgehead atoms. The number of carboxylic acid groups (broad SMARTS) is 1. The number of hydrogen-bond donors (Lipinski definition) is 1. The highest BCUT2D eigenvalue weighted by molar-refractivity contribution is 7.13. The summed E-state index contributed by atoms with van der Waals surface area (Å²) >= 11 is 1.37. The summed E-state index contributed by atoms with van der Waals surface area (Å²) in [6, 6.07) is 3.59. The molecule has 1 aromatic rings. The number of unbranched alkanes of at least 4 members (excludes halogenated alkanes) is 2. The molecule has 0 saturated heterocycles. The van der Waals surface area contributed by atoms with Crippen LogP contribution < -0.4 is 0 Å².